The van der Waals surface area contributed by atoms with Crippen molar-refractivity contribution in [2.24, 2.45) is 7.05 Å². The third-order valence-corrected chi connectivity index (χ3v) is 5.78. The highest BCUT2D eigenvalue weighted by Crippen LogP contribution is 2.35. The Morgan fingerprint density at radius 1 is 1.00 bits per heavy atom. The smallest absolute Gasteiger partial charge is 0.168 e. The van der Waals surface area contributed by atoms with E-state index in [0.717, 1.165) is 33.5 Å². The largest absolute Gasteiger partial charge is 0.364 e. The number of benzene rings is 2. The van der Waals surface area contributed by atoms with Crippen LogP contribution in [0.25, 0.3) is 22.5 Å². The van der Waals surface area contributed by atoms with E-state index in [1.807, 2.05) is 43.6 Å². The number of aromatic nitrogens is 3. The molecule has 4 nitrogen and oxygen atoms in total. The summed E-state index contributed by atoms with van der Waals surface area (Å²) in [5.74, 6) is 0.535. The fourth-order valence-corrected chi connectivity index (χ4v) is 4.05. The molecule has 6 heteroatoms. The van der Waals surface area contributed by atoms with Crippen LogP contribution in [-0.4, -0.2) is 20.8 Å². The monoisotopic (exact) mass is 418 g/mol. The second-order valence-electron chi connectivity index (χ2n) is 7.07. The van der Waals surface area contributed by atoms with Crippen molar-refractivity contribution in [3.8, 4) is 22.5 Å². The molecular weight excluding hydrogens is 395 g/mol. The van der Waals surface area contributed by atoms with Crippen molar-refractivity contribution in [1.29, 1.82) is 0 Å². The Kier molecular flexibility index (Phi) is 5.86. The summed E-state index contributed by atoms with van der Waals surface area (Å²) in [4.78, 5) is 9.31. The molecule has 0 fully saturated rings. The average molecular weight is 419 g/mol. The lowest BCUT2D eigenvalue weighted by molar-refractivity contribution is 0.628. The van der Waals surface area contributed by atoms with Gasteiger partial charge in [-0.3, -0.25) is 0 Å². The highest BCUT2D eigenvalue weighted by atomic mass is 32.2. The maximum absolute atomic E-state index is 13.4. The minimum Gasteiger partial charge on any atom is -0.364 e. The number of imidazole rings is 1. The van der Waals surface area contributed by atoms with Crippen LogP contribution in [0.2, 0.25) is 0 Å². The van der Waals surface area contributed by atoms with Gasteiger partial charge >= 0.3 is 0 Å². The van der Waals surface area contributed by atoms with Gasteiger partial charge in [-0.2, -0.15) is 0 Å². The van der Waals surface area contributed by atoms with E-state index in [2.05, 4.69) is 33.9 Å². The molecule has 30 heavy (non-hydrogen) atoms. The highest BCUT2D eigenvalue weighted by Gasteiger charge is 2.18. The Bertz CT molecular complexity index is 1140. The molecule has 2 aromatic carbocycles. The van der Waals surface area contributed by atoms with Gasteiger partial charge in [0.05, 0.1) is 11.4 Å². The van der Waals surface area contributed by atoms with Gasteiger partial charge in [0.1, 0.15) is 11.6 Å². The summed E-state index contributed by atoms with van der Waals surface area (Å²) in [5.41, 5.74) is 4.88. The van der Waals surface area contributed by atoms with Crippen LogP contribution < -0.4 is 5.32 Å². The molecule has 0 aliphatic rings. The van der Waals surface area contributed by atoms with Crippen molar-refractivity contribution in [2.45, 2.75) is 18.1 Å². The van der Waals surface area contributed by atoms with Crippen LogP contribution in [0, 0.1) is 5.82 Å². The summed E-state index contributed by atoms with van der Waals surface area (Å²) in [5, 5.41) is 4.38. The fraction of sp³-hybridized carbons (Fsp3) is 0.167. The van der Waals surface area contributed by atoms with Crippen LogP contribution in [-0.2, 0) is 7.05 Å². The Balaban J connectivity index is 1.73. The average Bonchev–Trinajstić information content (AvgIpc) is 3.11. The van der Waals surface area contributed by atoms with Gasteiger partial charge in [0.2, 0.25) is 0 Å². The summed E-state index contributed by atoms with van der Waals surface area (Å²) in [6, 6.07) is 20.9. The van der Waals surface area contributed by atoms with Crippen LogP contribution in [0.3, 0.4) is 0 Å². The number of thioether (sulfide) groups is 1. The molecular formula is C24H23FN4S. The summed E-state index contributed by atoms with van der Waals surface area (Å²) in [6.45, 7) is 2.11. The molecule has 0 amide bonds. The number of hydrogen-bond acceptors (Lipinski definition) is 4. The second-order valence-corrected chi connectivity index (χ2v) is 7.84. The van der Waals surface area contributed by atoms with E-state index < -0.39 is 0 Å². The molecule has 0 bridgehead atoms. The molecule has 2 heterocycles. The molecule has 2 aromatic heterocycles. The van der Waals surface area contributed by atoms with Gasteiger partial charge < -0.3 is 9.88 Å². The molecule has 1 atom stereocenters. The lowest BCUT2D eigenvalue weighted by Crippen LogP contribution is -2.07. The second kappa shape index (κ2) is 8.71. The van der Waals surface area contributed by atoms with Crippen LogP contribution in [0.1, 0.15) is 18.5 Å². The maximum atomic E-state index is 13.4. The molecule has 0 aliphatic heterocycles. The fourth-order valence-electron chi connectivity index (χ4n) is 3.50. The standard InChI is InChI=1S/C24H23FN4S/c1-16(17-7-5-4-6-8-17)27-21-15-19(13-14-26-21)23-22(28-24(30-3)29(23)2)18-9-11-20(25)12-10-18/h4-16H,1-3H3,(H,26,27)/t16-/m1/s1. The molecule has 0 unspecified atom stereocenters. The number of rotatable bonds is 6. The van der Waals surface area contributed by atoms with E-state index in [-0.39, 0.29) is 11.9 Å². The summed E-state index contributed by atoms with van der Waals surface area (Å²) in [6.07, 6.45) is 3.80. The van der Waals surface area contributed by atoms with Crippen LogP contribution in [0.5, 0.6) is 0 Å². The minimum atomic E-state index is -0.258. The summed E-state index contributed by atoms with van der Waals surface area (Å²) in [7, 11) is 2.00. The van der Waals surface area contributed by atoms with Gasteiger partial charge in [-0.05, 0) is 55.1 Å². The molecule has 0 radical (unpaired) electrons. The molecule has 152 valence electrons. The Hall–Kier alpha value is -3.12. The van der Waals surface area contributed by atoms with Gasteiger partial charge in [-0.25, -0.2) is 14.4 Å². The first kappa shape index (κ1) is 20.2. The molecule has 0 saturated heterocycles. The zero-order chi connectivity index (χ0) is 21.1. The van der Waals surface area contributed by atoms with E-state index in [1.54, 1.807) is 30.1 Å². The third-order valence-electron chi connectivity index (χ3n) is 5.05. The molecule has 1 N–H and O–H groups in total. The Morgan fingerprint density at radius 3 is 2.43 bits per heavy atom. The van der Waals surface area contributed by atoms with E-state index in [4.69, 9.17) is 4.98 Å². The van der Waals surface area contributed by atoms with Gasteiger partial charge in [0.15, 0.2) is 5.16 Å². The predicted octanol–water partition coefficient (Wildman–Crippen LogP) is 6.18. The van der Waals surface area contributed by atoms with E-state index >= 15 is 0 Å². The quantitative estimate of drug-likeness (QED) is 0.380. The Morgan fingerprint density at radius 2 is 1.73 bits per heavy atom. The maximum Gasteiger partial charge on any atom is 0.168 e. The van der Waals surface area contributed by atoms with Crippen molar-refractivity contribution in [3.63, 3.8) is 0 Å². The summed E-state index contributed by atoms with van der Waals surface area (Å²) >= 11 is 1.58. The van der Waals surface area contributed by atoms with Crippen molar-refractivity contribution >= 4 is 17.6 Å². The molecule has 0 saturated carbocycles. The molecule has 4 rings (SSSR count). The highest BCUT2D eigenvalue weighted by molar-refractivity contribution is 7.98. The zero-order valence-electron chi connectivity index (χ0n) is 17.1. The van der Waals surface area contributed by atoms with Crippen LogP contribution in [0.4, 0.5) is 10.2 Å². The van der Waals surface area contributed by atoms with Crippen LogP contribution >= 0.6 is 11.8 Å². The van der Waals surface area contributed by atoms with Gasteiger partial charge in [0.25, 0.3) is 0 Å². The van der Waals surface area contributed by atoms with E-state index in [9.17, 15) is 4.39 Å². The van der Waals surface area contributed by atoms with Gasteiger partial charge in [-0.15, -0.1) is 0 Å². The van der Waals surface area contributed by atoms with Gasteiger partial charge in [-0.1, -0.05) is 42.1 Å². The minimum absolute atomic E-state index is 0.124. The number of halogens is 1. The molecule has 0 spiro atoms. The Labute approximate surface area is 180 Å². The van der Waals surface area contributed by atoms with Crippen molar-refractivity contribution in [3.05, 3.63) is 84.3 Å². The van der Waals surface area contributed by atoms with Crippen molar-refractivity contribution in [2.75, 3.05) is 11.6 Å². The number of hydrogen-bond donors (Lipinski definition) is 1. The first-order chi connectivity index (χ1) is 14.6. The summed E-state index contributed by atoms with van der Waals surface area (Å²) < 4.78 is 15.5. The van der Waals surface area contributed by atoms with Gasteiger partial charge in [0, 0.05) is 30.4 Å². The molecule has 0 aliphatic carbocycles. The van der Waals surface area contributed by atoms with E-state index in [0.29, 0.717) is 0 Å². The third kappa shape index (κ3) is 4.09. The van der Waals surface area contributed by atoms with E-state index in [1.165, 1.54) is 17.7 Å². The topological polar surface area (TPSA) is 42.7 Å². The number of pyridine rings is 1. The van der Waals surface area contributed by atoms with Crippen LogP contribution in [0.15, 0.2) is 78.1 Å². The lowest BCUT2D eigenvalue weighted by atomic mass is 10.0. The first-order valence-electron chi connectivity index (χ1n) is 9.71. The lowest BCUT2D eigenvalue weighted by Gasteiger charge is -2.16. The first-order valence-corrected chi connectivity index (χ1v) is 10.9. The van der Waals surface area contributed by atoms with Crippen molar-refractivity contribution < 1.29 is 4.39 Å². The SMILES string of the molecule is CSc1nc(-c2ccc(F)cc2)c(-c2ccnc(N[C@H](C)c3ccccc3)c2)n1C. The number of nitrogens with one attached hydrogen (secondary N) is 1. The predicted molar refractivity (Wildman–Crippen MR) is 122 cm³/mol. The number of anilines is 1. The number of nitrogens with zero attached hydrogens (tertiary/aromatic N) is 3. The molecule has 4 aromatic rings. The zero-order valence-corrected chi connectivity index (χ0v) is 17.9. The van der Waals surface area contributed by atoms with Crippen molar-refractivity contribution in [1.82, 2.24) is 14.5 Å². The normalized spacial score (nSPS) is 12.0.